The number of carbonyl (C=O) groups is 4. The first-order valence-electron chi connectivity index (χ1n) is 13.9. The highest BCUT2D eigenvalue weighted by Gasteiger charge is 2.75. The van der Waals surface area contributed by atoms with Crippen LogP contribution in [0.5, 0.6) is 17.2 Å². The van der Waals surface area contributed by atoms with Crippen molar-refractivity contribution in [3.63, 3.8) is 0 Å². The molecule has 0 radical (unpaired) electrons. The lowest BCUT2D eigenvalue weighted by molar-refractivity contribution is -0.141. The number of rotatable bonds is 6. The van der Waals surface area contributed by atoms with Crippen LogP contribution in [-0.2, 0) is 25.6 Å². The second-order valence-electron chi connectivity index (χ2n) is 11.4. The Bertz CT molecular complexity index is 1540. The summed E-state index contributed by atoms with van der Waals surface area (Å²) in [5.41, 5.74) is 2.04. The number of aromatic hydroxyl groups is 2. The summed E-state index contributed by atoms with van der Waals surface area (Å²) in [6.45, 7) is 2.21. The van der Waals surface area contributed by atoms with E-state index in [4.69, 9.17) is 27.9 Å². The van der Waals surface area contributed by atoms with E-state index >= 15 is 0 Å². The number of alkyl halides is 2. The number of ether oxygens (including phenoxy) is 1. The van der Waals surface area contributed by atoms with Gasteiger partial charge in [0.15, 0.2) is 21.2 Å². The number of imide groups is 2. The van der Waals surface area contributed by atoms with Crippen molar-refractivity contribution in [3.05, 3.63) is 65.2 Å². The maximum absolute atomic E-state index is 13.9. The molecule has 2 aliphatic carbocycles. The fraction of sp³-hybridized carbons (Fsp3) is 0.419. The van der Waals surface area contributed by atoms with Gasteiger partial charge >= 0.3 is 0 Å². The van der Waals surface area contributed by atoms with E-state index in [-0.39, 0.29) is 55.1 Å². The molecule has 6 rings (SSSR count). The van der Waals surface area contributed by atoms with Gasteiger partial charge in [-0.25, -0.2) is 0 Å². The summed E-state index contributed by atoms with van der Waals surface area (Å²) in [7, 11) is 1.34. The largest absolute Gasteiger partial charge is 0.508 e. The minimum atomic E-state index is -1.90. The quantitative estimate of drug-likeness (QED) is 0.289. The van der Waals surface area contributed by atoms with Crippen LogP contribution >= 0.6 is 23.2 Å². The van der Waals surface area contributed by atoms with Gasteiger partial charge in [0.25, 0.3) is 11.8 Å². The standard InChI is InChI=1S/C31H30Cl2N2O7/c1-3-42-23-14-17(6-11-22(23)37)25-19-9-10-20-24(21(19)15-30(32)28(40)34(2)29(41)31(25,30)33)27(39)35(26(20)38)13-12-16-4-7-18(36)8-5-16/h4-9,11,14,20-21,24-25,36-37H,3,10,12-13,15H2,1-2H3/t20-,21+,24-,25-,30+,31-/m0/s1. The van der Waals surface area contributed by atoms with Crippen molar-refractivity contribution in [2.45, 2.75) is 41.9 Å². The average molecular weight is 613 g/mol. The van der Waals surface area contributed by atoms with Crippen LogP contribution in [0.1, 0.15) is 36.8 Å². The first-order valence-corrected chi connectivity index (χ1v) is 14.7. The molecule has 2 N–H and O–H groups in total. The molecule has 2 aromatic carbocycles. The molecule has 2 aliphatic heterocycles. The zero-order valence-electron chi connectivity index (χ0n) is 23.0. The van der Waals surface area contributed by atoms with Gasteiger partial charge in [-0.15, -0.1) is 23.2 Å². The van der Waals surface area contributed by atoms with Crippen LogP contribution in [0.25, 0.3) is 0 Å². The fourth-order valence-electron chi connectivity index (χ4n) is 7.29. The molecule has 2 heterocycles. The minimum absolute atomic E-state index is 0.0856. The third-order valence-electron chi connectivity index (χ3n) is 9.28. The van der Waals surface area contributed by atoms with Crippen molar-refractivity contribution < 1.29 is 34.1 Å². The van der Waals surface area contributed by atoms with Crippen molar-refractivity contribution in [1.82, 2.24) is 9.80 Å². The van der Waals surface area contributed by atoms with E-state index in [2.05, 4.69) is 0 Å². The number of amides is 4. The number of likely N-dealkylation sites (tertiary alicyclic amines) is 2. The van der Waals surface area contributed by atoms with Gasteiger partial charge in [0.1, 0.15) is 5.75 Å². The molecule has 220 valence electrons. The molecule has 0 bridgehead atoms. The van der Waals surface area contributed by atoms with Gasteiger partial charge in [-0.2, -0.15) is 0 Å². The number of phenols is 2. The van der Waals surface area contributed by atoms with Crippen molar-refractivity contribution in [2.75, 3.05) is 20.2 Å². The van der Waals surface area contributed by atoms with Gasteiger partial charge < -0.3 is 14.9 Å². The van der Waals surface area contributed by atoms with Gasteiger partial charge in [0, 0.05) is 19.5 Å². The van der Waals surface area contributed by atoms with Crippen molar-refractivity contribution in [2.24, 2.45) is 17.8 Å². The monoisotopic (exact) mass is 612 g/mol. The maximum Gasteiger partial charge on any atom is 0.253 e. The Labute approximate surface area is 252 Å². The first-order chi connectivity index (χ1) is 19.9. The van der Waals surface area contributed by atoms with Gasteiger partial charge in [-0.1, -0.05) is 29.8 Å². The molecular weight excluding hydrogens is 583 g/mol. The van der Waals surface area contributed by atoms with Crippen LogP contribution in [0, 0.1) is 17.8 Å². The Morgan fingerprint density at radius 2 is 1.69 bits per heavy atom. The molecule has 2 aromatic rings. The molecule has 0 spiro atoms. The molecule has 11 heteroatoms. The molecule has 9 nitrogen and oxygen atoms in total. The van der Waals surface area contributed by atoms with Crippen molar-refractivity contribution >= 4 is 46.8 Å². The van der Waals surface area contributed by atoms with Crippen LogP contribution in [0.15, 0.2) is 54.1 Å². The van der Waals surface area contributed by atoms with Crippen molar-refractivity contribution in [1.29, 1.82) is 0 Å². The van der Waals surface area contributed by atoms with E-state index in [9.17, 15) is 29.4 Å². The van der Waals surface area contributed by atoms with Crippen LogP contribution in [0.3, 0.4) is 0 Å². The summed E-state index contributed by atoms with van der Waals surface area (Å²) in [6.07, 6.45) is 2.47. The summed E-state index contributed by atoms with van der Waals surface area (Å²) >= 11 is 14.4. The molecule has 2 saturated heterocycles. The van der Waals surface area contributed by atoms with Gasteiger partial charge in [0.05, 0.1) is 18.4 Å². The lowest BCUT2D eigenvalue weighted by atomic mass is 9.56. The van der Waals surface area contributed by atoms with E-state index < -0.39 is 45.2 Å². The third-order valence-corrected chi connectivity index (χ3v) is 10.7. The van der Waals surface area contributed by atoms with Gasteiger partial charge in [0.2, 0.25) is 11.8 Å². The lowest BCUT2D eigenvalue weighted by Gasteiger charge is -2.50. The summed E-state index contributed by atoms with van der Waals surface area (Å²) in [4.78, 5) is 53.2. The average Bonchev–Trinajstić information content (AvgIpc) is 3.28. The van der Waals surface area contributed by atoms with Gasteiger partial charge in [-0.3, -0.25) is 29.0 Å². The molecule has 0 aromatic heterocycles. The Kier molecular flexibility index (Phi) is 6.81. The number of benzene rings is 2. The van der Waals surface area contributed by atoms with E-state index in [1.54, 1.807) is 43.3 Å². The van der Waals surface area contributed by atoms with E-state index in [0.29, 0.717) is 17.6 Å². The lowest BCUT2D eigenvalue weighted by Crippen LogP contribution is -2.60. The van der Waals surface area contributed by atoms with E-state index in [0.717, 1.165) is 10.5 Å². The summed E-state index contributed by atoms with van der Waals surface area (Å²) < 4.78 is 5.60. The van der Waals surface area contributed by atoms with Crippen LogP contribution in [0.4, 0.5) is 0 Å². The zero-order chi connectivity index (χ0) is 30.1. The number of hydrogen-bond acceptors (Lipinski definition) is 7. The Balaban J connectivity index is 1.41. The number of fused-ring (bicyclic) bond motifs is 4. The number of halogens is 2. The molecule has 1 saturated carbocycles. The van der Waals surface area contributed by atoms with Gasteiger partial charge in [-0.05, 0) is 67.5 Å². The predicted octanol–water partition coefficient (Wildman–Crippen LogP) is 3.73. The highest BCUT2D eigenvalue weighted by molar-refractivity contribution is 6.53. The zero-order valence-corrected chi connectivity index (χ0v) is 24.6. The molecule has 3 fully saturated rings. The van der Waals surface area contributed by atoms with E-state index in [1.165, 1.54) is 18.0 Å². The fourth-order valence-corrected chi connectivity index (χ4v) is 8.31. The van der Waals surface area contributed by atoms with Crippen molar-refractivity contribution in [3.8, 4) is 17.2 Å². The smallest absolute Gasteiger partial charge is 0.253 e. The molecule has 0 unspecified atom stereocenters. The topological polar surface area (TPSA) is 124 Å². The Morgan fingerprint density at radius 1 is 0.976 bits per heavy atom. The SMILES string of the molecule is CCOc1cc([C@H]2C3=CC[C@@H]4C(=O)N(CCc5ccc(O)cc5)C(=O)[C@@H]4[C@@H]3C[C@@]3(Cl)C(=O)N(C)C(=O)[C@@]23Cl)ccc1O. The highest BCUT2D eigenvalue weighted by atomic mass is 35.5. The molecule has 6 atom stereocenters. The number of hydrogen-bond donors (Lipinski definition) is 2. The number of nitrogens with zero attached hydrogens (tertiary/aromatic N) is 2. The minimum Gasteiger partial charge on any atom is -0.508 e. The summed E-state index contributed by atoms with van der Waals surface area (Å²) in [5.74, 6) is -4.65. The number of carbonyl (C=O) groups excluding carboxylic acids is 4. The van der Waals surface area contributed by atoms with Crippen LogP contribution in [0.2, 0.25) is 0 Å². The molecule has 42 heavy (non-hydrogen) atoms. The molecular formula is C31H30Cl2N2O7. The van der Waals surface area contributed by atoms with Crippen LogP contribution < -0.4 is 4.74 Å². The normalized spacial score (nSPS) is 32.0. The second kappa shape index (κ2) is 10.0. The predicted molar refractivity (Wildman–Crippen MR) is 153 cm³/mol. The van der Waals surface area contributed by atoms with Crippen LogP contribution in [-0.4, -0.2) is 73.6 Å². The molecule has 4 aliphatic rings. The van der Waals surface area contributed by atoms with E-state index in [1.807, 2.05) is 6.08 Å². The number of allylic oxidation sites excluding steroid dienone is 2. The molecule has 4 amide bonds. The Morgan fingerprint density at radius 3 is 2.38 bits per heavy atom. The number of phenolic OH excluding ortho intramolecular Hbond substituents is 2. The first kappa shape index (κ1) is 28.6. The third kappa shape index (κ3) is 3.89. The summed E-state index contributed by atoms with van der Waals surface area (Å²) in [5, 5.41) is 19.9. The Hall–Kier alpha value is -3.56. The summed E-state index contributed by atoms with van der Waals surface area (Å²) in [6, 6.07) is 11.2. The maximum atomic E-state index is 13.9. The second-order valence-corrected chi connectivity index (χ2v) is 12.6. The highest BCUT2D eigenvalue weighted by Crippen LogP contribution is 2.65.